The molecule has 0 fully saturated rings. The third kappa shape index (κ3) is 4.02. The minimum Gasteiger partial charge on any atom is -0.486 e. The molecule has 0 unspecified atom stereocenters. The van der Waals surface area contributed by atoms with E-state index in [-0.39, 0.29) is 0 Å². The van der Waals surface area contributed by atoms with Crippen molar-refractivity contribution in [1.29, 1.82) is 0 Å². The predicted octanol–water partition coefficient (Wildman–Crippen LogP) is 4.79. The lowest BCUT2D eigenvalue weighted by molar-refractivity contribution is 0.306. The first-order valence-electron chi connectivity index (χ1n) is 6.46. The molecule has 0 saturated heterocycles. The summed E-state index contributed by atoms with van der Waals surface area (Å²) >= 11 is 12.1. The summed E-state index contributed by atoms with van der Waals surface area (Å²) in [6.45, 7) is 3.40. The number of anilines is 1. The zero-order valence-corrected chi connectivity index (χ0v) is 12.7. The molecule has 20 heavy (non-hydrogen) atoms. The van der Waals surface area contributed by atoms with Gasteiger partial charge in [-0.3, -0.25) is 0 Å². The standard InChI is InChI=1S/C15H16Cl2N2O/c1-2-7-18-14-9-11(6-8-19-14)10-20-15-12(16)4-3-5-13(15)17/h3-6,8-9H,2,7,10H2,1H3,(H,18,19). The van der Waals surface area contributed by atoms with Crippen molar-refractivity contribution in [3.63, 3.8) is 0 Å². The number of pyridine rings is 1. The molecule has 0 bridgehead atoms. The smallest absolute Gasteiger partial charge is 0.156 e. The van der Waals surface area contributed by atoms with Crippen LogP contribution in [0.1, 0.15) is 18.9 Å². The summed E-state index contributed by atoms with van der Waals surface area (Å²) in [7, 11) is 0. The fourth-order valence-corrected chi connectivity index (χ4v) is 2.20. The van der Waals surface area contributed by atoms with Crippen LogP contribution in [0.25, 0.3) is 0 Å². The van der Waals surface area contributed by atoms with Crippen molar-refractivity contribution in [2.24, 2.45) is 0 Å². The van der Waals surface area contributed by atoms with E-state index in [0.717, 1.165) is 24.3 Å². The van der Waals surface area contributed by atoms with Crippen LogP contribution in [0.3, 0.4) is 0 Å². The van der Waals surface area contributed by atoms with Crippen LogP contribution in [0.5, 0.6) is 5.75 Å². The van der Waals surface area contributed by atoms with E-state index in [1.807, 2.05) is 12.1 Å². The Hall–Kier alpha value is -1.45. The molecule has 0 spiro atoms. The molecular weight excluding hydrogens is 295 g/mol. The summed E-state index contributed by atoms with van der Waals surface area (Å²) in [6.07, 6.45) is 2.81. The number of nitrogens with one attached hydrogen (secondary N) is 1. The number of para-hydroxylation sites is 1. The zero-order valence-electron chi connectivity index (χ0n) is 11.2. The summed E-state index contributed by atoms with van der Waals surface area (Å²) in [5.74, 6) is 1.36. The van der Waals surface area contributed by atoms with E-state index in [9.17, 15) is 0 Å². The van der Waals surface area contributed by atoms with Crippen LogP contribution in [0.4, 0.5) is 5.82 Å². The Labute approximate surface area is 128 Å². The van der Waals surface area contributed by atoms with Crippen LogP contribution in [0.2, 0.25) is 10.0 Å². The van der Waals surface area contributed by atoms with Crippen molar-refractivity contribution in [3.8, 4) is 5.75 Å². The van der Waals surface area contributed by atoms with Crippen molar-refractivity contribution in [2.45, 2.75) is 20.0 Å². The van der Waals surface area contributed by atoms with Gasteiger partial charge in [0.2, 0.25) is 0 Å². The maximum Gasteiger partial charge on any atom is 0.156 e. The number of hydrogen-bond donors (Lipinski definition) is 1. The minimum absolute atomic E-state index is 0.396. The topological polar surface area (TPSA) is 34.1 Å². The first-order chi connectivity index (χ1) is 9.70. The Morgan fingerprint density at radius 1 is 1.20 bits per heavy atom. The van der Waals surface area contributed by atoms with Gasteiger partial charge >= 0.3 is 0 Å². The van der Waals surface area contributed by atoms with Gasteiger partial charge in [0.05, 0.1) is 10.0 Å². The second-order valence-electron chi connectivity index (χ2n) is 4.32. The van der Waals surface area contributed by atoms with Gasteiger partial charge in [0.15, 0.2) is 5.75 Å². The second kappa shape index (κ2) is 7.36. The van der Waals surface area contributed by atoms with Crippen LogP contribution >= 0.6 is 23.2 Å². The molecule has 3 nitrogen and oxygen atoms in total. The van der Waals surface area contributed by atoms with Crippen LogP contribution in [0, 0.1) is 0 Å². The molecular formula is C15H16Cl2N2O. The lowest BCUT2D eigenvalue weighted by atomic mass is 10.2. The van der Waals surface area contributed by atoms with Gasteiger partial charge in [0.25, 0.3) is 0 Å². The quantitative estimate of drug-likeness (QED) is 0.833. The van der Waals surface area contributed by atoms with Crippen LogP contribution in [-0.4, -0.2) is 11.5 Å². The van der Waals surface area contributed by atoms with Crippen molar-refractivity contribution >= 4 is 29.0 Å². The molecule has 0 atom stereocenters. The Morgan fingerprint density at radius 2 is 1.95 bits per heavy atom. The van der Waals surface area contributed by atoms with Gasteiger partial charge in [-0.15, -0.1) is 0 Å². The zero-order chi connectivity index (χ0) is 14.4. The molecule has 0 saturated carbocycles. The molecule has 0 aliphatic rings. The van der Waals surface area contributed by atoms with E-state index < -0.39 is 0 Å². The highest BCUT2D eigenvalue weighted by Gasteiger charge is 2.07. The first kappa shape index (κ1) is 14.9. The molecule has 0 amide bonds. The second-order valence-corrected chi connectivity index (χ2v) is 5.13. The maximum absolute atomic E-state index is 6.06. The fraction of sp³-hybridized carbons (Fsp3) is 0.267. The van der Waals surface area contributed by atoms with E-state index in [0.29, 0.717) is 22.4 Å². The highest BCUT2D eigenvalue weighted by atomic mass is 35.5. The fourth-order valence-electron chi connectivity index (χ4n) is 1.69. The summed E-state index contributed by atoms with van der Waals surface area (Å²) < 4.78 is 5.69. The summed E-state index contributed by atoms with van der Waals surface area (Å²) in [4.78, 5) is 4.25. The van der Waals surface area contributed by atoms with Crippen LogP contribution in [0.15, 0.2) is 36.5 Å². The number of halogens is 2. The molecule has 1 N–H and O–H groups in total. The normalized spacial score (nSPS) is 10.3. The average molecular weight is 311 g/mol. The largest absolute Gasteiger partial charge is 0.486 e. The number of aromatic nitrogens is 1. The van der Waals surface area contributed by atoms with Gasteiger partial charge in [0, 0.05) is 12.7 Å². The highest BCUT2D eigenvalue weighted by Crippen LogP contribution is 2.32. The number of ether oxygens (including phenoxy) is 1. The Morgan fingerprint density at radius 3 is 2.65 bits per heavy atom. The predicted molar refractivity (Wildman–Crippen MR) is 83.8 cm³/mol. The number of nitrogens with zero attached hydrogens (tertiary/aromatic N) is 1. The maximum atomic E-state index is 6.06. The van der Waals surface area contributed by atoms with Gasteiger partial charge < -0.3 is 10.1 Å². The Balaban J connectivity index is 2.03. The Kier molecular flexibility index (Phi) is 5.50. The van der Waals surface area contributed by atoms with Gasteiger partial charge in [-0.2, -0.15) is 0 Å². The molecule has 0 aliphatic heterocycles. The minimum atomic E-state index is 0.396. The van der Waals surface area contributed by atoms with Crippen molar-refractivity contribution in [2.75, 3.05) is 11.9 Å². The molecule has 2 aromatic rings. The monoisotopic (exact) mass is 310 g/mol. The van der Waals surface area contributed by atoms with Crippen molar-refractivity contribution in [3.05, 3.63) is 52.1 Å². The van der Waals surface area contributed by atoms with Gasteiger partial charge in [-0.05, 0) is 36.2 Å². The Bertz CT molecular complexity index is 555. The molecule has 106 valence electrons. The van der Waals surface area contributed by atoms with Crippen LogP contribution in [-0.2, 0) is 6.61 Å². The third-order valence-corrected chi connectivity index (χ3v) is 3.28. The average Bonchev–Trinajstić information content (AvgIpc) is 2.45. The number of benzene rings is 1. The highest BCUT2D eigenvalue weighted by molar-refractivity contribution is 6.37. The SMILES string of the molecule is CCCNc1cc(COc2c(Cl)cccc2Cl)ccn1. The molecule has 1 aromatic heterocycles. The molecule has 0 radical (unpaired) electrons. The van der Waals surface area contributed by atoms with Crippen molar-refractivity contribution < 1.29 is 4.74 Å². The van der Waals surface area contributed by atoms with E-state index >= 15 is 0 Å². The molecule has 1 aromatic carbocycles. The molecule has 0 aliphatic carbocycles. The van der Waals surface area contributed by atoms with E-state index in [1.165, 1.54) is 0 Å². The van der Waals surface area contributed by atoms with Gasteiger partial charge in [0.1, 0.15) is 12.4 Å². The third-order valence-electron chi connectivity index (χ3n) is 2.68. The van der Waals surface area contributed by atoms with E-state index in [4.69, 9.17) is 27.9 Å². The lowest BCUT2D eigenvalue weighted by Crippen LogP contribution is -2.03. The van der Waals surface area contributed by atoms with Gasteiger partial charge in [-0.1, -0.05) is 36.2 Å². The lowest BCUT2D eigenvalue weighted by Gasteiger charge is -2.10. The number of hydrogen-bond acceptors (Lipinski definition) is 3. The van der Waals surface area contributed by atoms with E-state index in [2.05, 4.69) is 17.2 Å². The van der Waals surface area contributed by atoms with Crippen molar-refractivity contribution in [1.82, 2.24) is 4.98 Å². The van der Waals surface area contributed by atoms with Gasteiger partial charge in [-0.25, -0.2) is 4.98 Å². The summed E-state index contributed by atoms with van der Waals surface area (Å²) in [5, 5.41) is 4.26. The molecule has 1 heterocycles. The molecule has 2 rings (SSSR count). The van der Waals surface area contributed by atoms with E-state index in [1.54, 1.807) is 24.4 Å². The molecule has 5 heteroatoms. The summed E-state index contributed by atoms with van der Waals surface area (Å²) in [5.41, 5.74) is 1.01. The van der Waals surface area contributed by atoms with Crippen LogP contribution < -0.4 is 10.1 Å². The summed E-state index contributed by atoms with van der Waals surface area (Å²) in [6, 6.07) is 9.16. The number of rotatable bonds is 6. The first-order valence-corrected chi connectivity index (χ1v) is 7.22.